The molecule has 0 spiro atoms. The van der Waals surface area contributed by atoms with Crippen LogP contribution in [0.3, 0.4) is 0 Å². The van der Waals surface area contributed by atoms with Crippen molar-refractivity contribution >= 4 is 11.8 Å². The van der Waals surface area contributed by atoms with Gasteiger partial charge in [-0.05, 0) is 29.8 Å². The third-order valence-electron chi connectivity index (χ3n) is 3.72. The Morgan fingerprint density at radius 1 is 0.889 bits per heavy atom. The van der Waals surface area contributed by atoms with E-state index in [0.29, 0.717) is 23.8 Å². The molecule has 0 bridgehead atoms. The van der Waals surface area contributed by atoms with Crippen LogP contribution in [-0.2, 0) is 16.1 Å². The number of carbonyl (C=O) groups is 2. The maximum atomic E-state index is 11.9. The molecule has 2 aromatic carbocycles. The highest BCUT2D eigenvalue weighted by molar-refractivity contribution is 5.84. The Labute approximate surface area is 158 Å². The van der Waals surface area contributed by atoms with Crippen LogP contribution in [0.1, 0.15) is 12.0 Å². The van der Waals surface area contributed by atoms with Crippen molar-refractivity contribution in [1.82, 2.24) is 10.6 Å². The SMILES string of the molecule is COc1ccc(CNC(=O)CNC(=O)CCOc2ccccc2)cc1OC. The normalized spacial score (nSPS) is 10.0. The number of rotatable bonds is 10. The monoisotopic (exact) mass is 372 g/mol. The van der Waals surface area contributed by atoms with Gasteiger partial charge in [0.1, 0.15) is 5.75 Å². The van der Waals surface area contributed by atoms with Crippen molar-refractivity contribution in [2.45, 2.75) is 13.0 Å². The fraction of sp³-hybridized carbons (Fsp3) is 0.300. The molecular weight excluding hydrogens is 348 g/mol. The summed E-state index contributed by atoms with van der Waals surface area (Å²) in [5.74, 6) is 1.40. The molecule has 0 aliphatic heterocycles. The van der Waals surface area contributed by atoms with E-state index in [1.165, 1.54) is 0 Å². The molecule has 7 nitrogen and oxygen atoms in total. The van der Waals surface area contributed by atoms with Crippen molar-refractivity contribution in [2.75, 3.05) is 27.4 Å². The minimum Gasteiger partial charge on any atom is -0.493 e. The van der Waals surface area contributed by atoms with Gasteiger partial charge in [-0.25, -0.2) is 0 Å². The zero-order valence-corrected chi connectivity index (χ0v) is 15.5. The molecule has 0 heterocycles. The first-order valence-electron chi connectivity index (χ1n) is 8.54. The van der Waals surface area contributed by atoms with Gasteiger partial charge in [0.25, 0.3) is 0 Å². The summed E-state index contributed by atoms with van der Waals surface area (Å²) >= 11 is 0. The standard InChI is InChI=1S/C20H24N2O5/c1-25-17-9-8-15(12-18(17)26-2)13-21-20(24)14-22-19(23)10-11-27-16-6-4-3-5-7-16/h3-9,12H,10-11,13-14H2,1-2H3,(H,21,24)(H,22,23). The second-order valence-electron chi connectivity index (χ2n) is 5.65. The Hall–Kier alpha value is -3.22. The maximum absolute atomic E-state index is 11.9. The number of hydrogen-bond donors (Lipinski definition) is 2. The first-order valence-corrected chi connectivity index (χ1v) is 8.54. The van der Waals surface area contributed by atoms with Crippen LogP contribution in [0.5, 0.6) is 17.2 Å². The quantitative estimate of drug-likeness (QED) is 0.665. The molecule has 0 fully saturated rings. The number of hydrogen-bond acceptors (Lipinski definition) is 5. The van der Waals surface area contributed by atoms with Gasteiger partial charge in [0.2, 0.25) is 11.8 Å². The summed E-state index contributed by atoms with van der Waals surface area (Å²) in [5.41, 5.74) is 0.864. The van der Waals surface area contributed by atoms with E-state index in [1.54, 1.807) is 26.4 Å². The van der Waals surface area contributed by atoms with Crippen molar-refractivity contribution in [3.05, 3.63) is 54.1 Å². The highest BCUT2D eigenvalue weighted by atomic mass is 16.5. The van der Waals surface area contributed by atoms with Crippen molar-refractivity contribution in [3.63, 3.8) is 0 Å². The van der Waals surface area contributed by atoms with E-state index >= 15 is 0 Å². The van der Waals surface area contributed by atoms with Crippen molar-refractivity contribution < 1.29 is 23.8 Å². The zero-order valence-electron chi connectivity index (χ0n) is 15.5. The lowest BCUT2D eigenvalue weighted by atomic mass is 10.2. The van der Waals surface area contributed by atoms with E-state index in [1.807, 2.05) is 36.4 Å². The van der Waals surface area contributed by atoms with Crippen LogP contribution in [0.4, 0.5) is 0 Å². The first-order chi connectivity index (χ1) is 13.1. The minimum atomic E-state index is -0.276. The summed E-state index contributed by atoms with van der Waals surface area (Å²) in [5, 5.41) is 5.31. The third-order valence-corrected chi connectivity index (χ3v) is 3.72. The summed E-state index contributed by atoms with van der Waals surface area (Å²) in [6.07, 6.45) is 0.178. The first kappa shape index (κ1) is 20.1. The van der Waals surface area contributed by atoms with E-state index in [9.17, 15) is 9.59 Å². The molecule has 144 valence electrons. The molecule has 0 radical (unpaired) electrons. The molecule has 0 saturated heterocycles. The molecule has 0 unspecified atom stereocenters. The zero-order chi connectivity index (χ0) is 19.5. The number of ether oxygens (including phenoxy) is 3. The Balaban J connectivity index is 1.66. The molecule has 2 N–H and O–H groups in total. The summed E-state index contributed by atoms with van der Waals surface area (Å²) in [6.45, 7) is 0.493. The lowest BCUT2D eigenvalue weighted by Gasteiger charge is -2.11. The Bertz CT molecular complexity index is 749. The van der Waals surface area contributed by atoms with Gasteiger partial charge in [0, 0.05) is 6.54 Å². The molecule has 2 amide bonds. The predicted molar refractivity (Wildman–Crippen MR) is 101 cm³/mol. The van der Waals surface area contributed by atoms with Gasteiger partial charge in [-0.2, -0.15) is 0 Å². The van der Waals surface area contributed by atoms with Crippen LogP contribution >= 0.6 is 0 Å². The fourth-order valence-electron chi connectivity index (χ4n) is 2.30. The molecule has 27 heavy (non-hydrogen) atoms. The Kier molecular flexibility index (Phi) is 7.96. The molecule has 0 atom stereocenters. The number of nitrogens with one attached hydrogen (secondary N) is 2. The van der Waals surface area contributed by atoms with E-state index in [0.717, 1.165) is 5.56 Å². The van der Waals surface area contributed by atoms with Crippen molar-refractivity contribution in [1.29, 1.82) is 0 Å². The van der Waals surface area contributed by atoms with E-state index in [2.05, 4.69) is 10.6 Å². The van der Waals surface area contributed by atoms with Crippen molar-refractivity contribution in [3.8, 4) is 17.2 Å². The largest absolute Gasteiger partial charge is 0.493 e. The number of carbonyl (C=O) groups excluding carboxylic acids is 2. The average molecular weight is 372 g/mol. The highest BCUT2D eigenvalue weighted by Crippen LogP contribution is 2.27. The van der Waals surface area contributed by atoms with E-state index in [-0.39, 0.29) is 31.4 Å². The second-order valence-corrected chi connectivity index (χ2v) is 5.65. The topological polar surface area (TPSA) is 85.9 Å². The molecule has 0 aliphatic carbocycles. The maximum Gasteiger partial charge on any atom is 0.239 e. The van der Waals surface area contributed by atoms with E-state index < -0.39 is 0 Å². The van der Waals surface area contributed by atoms with Crippen LogP contribution in [-0.4, -0.2) is 39.2 Å². The van der Waals surface area contributed by atoms with Gasteiger partial charge in [-0.1, -0.05) is 24.3 Å². The summed E-state index contributed by atoms with van der Waals surface area (Å²) in [6, 6.07) is 14.6. The predicted octanol–water partition coefficient (Wildman–Crippen LogP) is 1.91. The molecule has 2 aromatic rings. The van der Waals surface area contributed by atoms with Crippen molar-refractivity contribution in [2.24, 2.45) is 0 Å². The Morgan fingerprint density at radius 3 is 2.33 bits per heavy atom. The fourth-order valence-corrected chi connectivity index (χ4v) is 2.30. The number of para-hydroxylation sites is 1. The summed E-state index contributed by atoms with van der Waals surface area (Å²) in [4.78, 5) is 23.6. The summed E-state index contributed by atoms with van der Waals surface area (Å²) < 4.78 is 15.8. The number of methoxy groups -OCH3 is 2. The second kappa shape index (κ2) is 10.7. The van der Waals surface area contributed by atoms with E-state index in [4.69, 9.17) is 14.2 Å². The average Bonchev–Trinajstić information content (AvgIpc) is 2.71. The highest BCUT2D eigenvalue weighted by Gasteiger charge is 2.08. The van der Waals surface area contributed by atoms with Crippen LogP contribution in [0.2, 0.25) is 0 Å². The van der Waals surface area contributed by atoms with Gasteiger partial charge in [0.15, 0.2) is 11.5 Å². The van der Waals surface area contributed by atoms with Crippen LogP contribution in [0, 0.1) is 0 Å². The molecule has 0 aromatic heterocycles. The van der Waals surface area contributed by atoms with Crippen LogP contribution < -0.4 is 24.8 Å². The molecule has 7 heteroatoms. The molecular formula is C20H24N2O5. The smallest absolute Gasteiger partial charge is 0.239 e. The van der Waals surface area contributed by atoms with Crippen LogP contribution in [0.25, 0.3) is 0 Å². The van der Waals surface area contributed by atoms with Gasteiger partial charge in [0.05, 0.1) is 33.8 Å². The number of amides is 2. The van der Waals surface area contributed by atoms with Gasteiger partial charge >= 0.3 is 0 Å². The van der Waals surface area contributed by atoms with Crippen LogP contribution in [0.15, 0.2) is 48.5 Å². The lowest BCUT2D eigenvalue weighted by Crippen LogP contribution is -2.37. The summed E-state index contributed by atoms with van der Waals surface area (Å²) in [7, 11) is 3.12. The van der Waals surface area contributed by atoms with Gasteiger partial charge < -0.3 is 24.8 Å². The molecule has 0 saturated carbocycles. The van der Waals surface area contributed by atoms with Gasteiger partial charge in [-0.15, -0.1) is 0 Å². The van der Waals surface area contributed by atoms with Gasteiger partial charge in [-0.3, -0.25) is 9.59 Å². The molecule has 2 rings (SSSR count). The lowest BCUT2D eigenvalue weighted by molar-refractivity contribution is -0.126. The Morgan fingerprint density at radius 2 is 1.63 bits per heavy atom. The third kappa shape index (κ3) is 6.89. The molecule has 0 aliphatic rings. The minimum absolute atomic E-state index is 0.0859. The number of benzene rings is 2.